The fraction of sp³-hybridized carbons (Fsp3) is 0.750. The predicted molar refractivity (Wildman–Crippen MR) is 123 cm³/mol. The molecule has 0 aromatic heterocycles. The number of amides is 2. The van der Waals surface area contributed by atoms with Gasteiger partial charge < -0.3 is 24.8 Å². The SMILES string of the molecule is CN1C(=O)CC(C(=O)NCCO[C@H]2CC[C@H](OCCCC(=O)O)CC2)[C@H]1C1(C)C=CC=NC1. The summed E-state index contributed by atoms with van der Waals surface area (Å²) in [5.41, 5.74) is -0.359. The summed E-state index contributed by atoms with van der Waals surface area (Å²) in [6.07, 6.45) is 10.5. The molecule has 0 bridgehead atoms. The number of ether oxygens (including phenoxy) is 2. The van der Waals surface area contributed by atoms with Gasteiger partial charge in [0.05, 0.1) is 30.8 Å². The van der Waals surface area contributed by atoms with Crippen molar-refractivity contribution in [1.82, 2.24) is 10.2 Å². The smallest absolute Gasteiger partial charge is 0.303 e. The standard InChI is InChI=1S/C24H37N3O6/c1-24(10-4-11-25-16-24)22-19(15-20(28)27(22)2)23(31)26-12-14-33-18-8-6-17(7-9-18)32-13-3-5-21(29)30/h4,10-11,17-19,22H,3,5-9,12-16H2,1-2H3,(H,26,31)(H,29,30)/t17-,18-,19?,22-,24?/m0/s1. The van der Waals surface area contributed by atoms with E-state index in [1.807, 2.05) is 6.08 Å². The van der Waals surface area contributed by atoms with Crippen LogP contribution in [0, 0.1) is 11.3 Å². The molecule has 2 aliphatic heterocycles. The minimum atomic E-state index is -0.793. The van der Waals surface area contributed by atoms with Gasteiger partial charge in [0.1, 0.15) is 0 Å². The molecule has 2 amide bonds. The van der Waals surface area contributed by atoms with E-state index in [0.29, 0.717) is 32.7 Å². The van der Waals surface area contributed by atoms with Crippen molar-refractivity contribution in [2.45, 2.75) is 70.1 Å². The number of carbonyl (C=O) groups is 3. The molecule has 2 heterocycles. The maximum atomic E-state index is 12.9. The van der Waals surface area contributed by atoms with Crippen LogP contribution in [0.1, 0.15) is 51.9 Å². The van der Waals surface area contributed by atoms with E-state index in [4.69, 9.17) is 14.6 Å². The molecule has 3 rings (SSSR count). The van der Waals surface area contributed by atoms with Crippen LogP contribution >= 0.6 is 0 Å². The van der Waals surface area contributed by atoms with Crippen molar-refractivity contribution in [3.8, 4) is 0 Å². The van der Waals surface area contributed by atoms with Gasteiger partial charge in [-0.3, -0.25) is 19.4 Å². The topological polar surface area (TPSA) is 118 Å². The number of rotatable bonds is 11. The highest BCUT2D eigenvalue weighted by Crippen LogP contribution is 2.39. The Hall–Kier alpha value is -2.26. The van der Waals surface area contributed by atoms with Crippen molar-refractivity contribution >= 4 is 24.0 Å². The number of likely N-dealkylation sites (tertiary alicyclic amines) is 1. The zero-order valence-electron chi connectivity index (χ0n) is 19.7. The van der Waals surface area contributed by atoms with Crippen molar-refractivity contribution in [1.29, 1.82) is 0 Å². The summed E-state index contributed by atoms with van der Waals surface area (Å²) in [5.74, 6) is -1.32. The molecule has 0 radical (unpaired) electrons. The van der Waals surface area contributed by atoms with Crippen molar-refractivity contribution < 1.29 is 29.0 Å². The number of nitrogens with one attached hydrogen (secondary N) is 1. The highest BCUT2D eigenvalue weighted by molar-refractivity contribution is 5.90. The Labute approximate surface area is 195 Å². The van der Waals surface area contributed by atoms with Gasteiger partial charge in [0.25, 0.3) is 0 Å². The summed E-state index contributed by atoms with van der Waals surface area (Å²) in [4.78, 5) is 41.9. The average molecular weight is 464 g/mol. The Morgan fingerprint density at radius 2 is 1.88 bits per heavy atom. The molecule has 0 aromatic carbocycles. The number of carboxylic acid groups (broad SMARTS) is 1. The molecule has 184 valence electrons. The summed E-state index contributed by atoms with van der Waals surface area (Å²) in [5, 5.41) is 11.6. The highest BCUT2D eigenvalue weighted by Gasteiger charge is 2.50. The first-order chi connectivity index (χ1) is 15.8. The lowest BCUT2D eigenvalue weighted by atomic mass is 9.75. The fourth-order valence-corrected chi connectivity index (χ4v) is 5.19. The van der Waals surface area contributed by atoms with Crippen LogP contribution in [0.25, 0.3) is 0 Å². The summed E-state index contributed by atoms with van der Waals surface area (Å²) in [6, 6.07) is -0.217. The fourth-order valence-electron chi connectivity index (χ4n) is 5.19. The number of carboxylic acids is 1. The lowest BCUT2D eigenvalue weighted by Crippen LogP contribution is -2.50. The van der Waals surface area contributed by atoms with Crippen LogP contribution in [-0.4, -0.2) is 85.6 Å². The molecule has 3 atom stereocenters. The zero-order valence-corrected chi connectivity index (χ0v) is 19.7. The van der Waals surface area contributed by atoms with Crippen LogP contribution in [0.5, 0.6) is 0 Å². The van der Waals surface area contributed by atoms with E-state index in [-0.39, 0.29) is 48.3 Å². The predicted octanol–water partition coefficient (Wildman–Crippen LogP) is 1.81. The molecule has 2 fully saturated rings. The van der Waals surface area contributed by atoms with Crippen molar-refractivity contribution in [2.24, 2.45) is 16.3 Å². The molecule has 2 N–H and O–H groups in total. The third-order valence-corrected chi connectivity index (χ3v) is 6.96. The molecule has 1 saturated heterocycles. The summed E-state index contributed by atoms with van der Waals surface area (Å²) >= 11 is 0. The number of hydrogen-bond donors (Lipinski definition) is 2. The first-order valence-corrected chi connectivity index (χ1v) is 12.0. The lowest BCUT2D eigenvalue weighted by molar-refractivity contribution is -0.137. The molecule has 2 unspecified atom stereocenters. The van der Waals surface area contributed by atoms with Gasteiger partial charge in [-0.25, -0.2) is 0 Å². The summed E-state index contributed by atoms with van der Waals surface area (Å²) < 4.78 is 11.7. The van der Waals surface area contributed by atoms with Gasteiger partial charge in [-0.15, -0.1) is 0 Å². The quantitative estimate of drug-likeness (QED) is 0.451. The van der Waals surface area contributed by atoms with Gasteiger partial charge in [-0.05, 0) is 38.2 Å². The van der Waals surface area contributed by atoms with Crippen LogP contribution in [-0.2, 0) is 23.9 Å². The molecule has 9 nitrogen and oxygen atoms in total. The molecule has 9 heteroatoms. The largest absolute Gasteiger partial charge is 0.481 e. The molecule has 1 aliphatic carbocycles. The molecule has 1 saturated carbocycles. The number of aliphatic imine (C=N–C) groups is 1. The Morgan fingerprint density at radius 1 is 1.21 bits per heavy atom. The first-order valence-electron chi connectivity index (χ1n) is 12.0. The Balaban J connectivity index is 1.36. The van der Waals surface area contributed by atoms with Crippen LogP contribution < -0.4 is 5.32 Å². The van der Waals surface area contributed by atoms with Gasteiger partial charge in [-0.2, -0.15) is 0 Å². The van der Waals surface area contributed by atoms with E-state index in [0.717, 1.165) is 25.7 Å². The number of hydrogen-bond acceptors (Lipinski definition) is 6. The molecular formula is C24H37N3O6. The van der Waals surface area contributed by atoms with E-state index >= 15 is 0 Å². The molecular weight excluding hydrogens is 426 g/mol. The number of allylic oxidation sites excluding steroid dienone is 1. The summed E-state index contributed by atoms with van der Waals surface area (Å²) in [7, 11) is 1.77. The number of aliphatic carboxylic acids is 1. The van der Waals surface area contributed by atoms with E-state index < -0.39 is 11.9 Å². The third-order valence-electron chi connectivity index (χ3n) is 6.96. The van der Waals surface area contributed by atoms with Crippen LogP contribution in [0.4, 0.5) is 0 Å². The second-order valence-electron chi connectivity index (χ2n) is 9.54. The minimum Gasteiger partial charge on any atom is -0.481 e. The van der Waals surface area contributed by atoms with Crippen LogP contribution in [0.2, 0.25) is 0 Å². The second kappa shape index (κ2) is 11.7. The van der Waals surface area contributed by atoms with Gasteiger partial charge in [0.2, 0.25) is 11.8 Å². The maximum Gasteiger partial charge on any atom is 0.303 e. The van der Waals surface area contributed by atoms with E-state index in [2.05, 4.69) is 23.3 Å². The second-order valence-corrected chi connectivity index (χ2v) is 9.54. The Morgan fingerprint density at radius 3 is 2.48 bits per heavy atom. The van der Waals surface area contributed by atoms with Gasteiger partial charge in [-0.1, -0.05) is 13.0 Å². The van der Waals surface area contributed by atoms with Crippen molar-refractivity contribution in [3.05, 3.63) is 12.2 Å². The molecule has 33 heavy (non-hydrogen) atoms. The van der Waals surface area contributed by atoms with E-state index in [1.165, 1.54) is 0 Å². The third kappa shape index (κ3) is 6.86. The molecule has 3 aliphatic rings. The van der Waals surface area contributed by atoms with E-state index in [1.54, 1.807) is 18.2 Å². The number of dihydropyridines is 1. The van der Waals surface area contributed by atoms with Crippen molar-refractivity contribution in [3.63, 3.8) is 0 Å². The van der Waals surface area contributed by atoms with Gasteiger partial charge in [0, 0.05) is 51.2 Å². The van der Waals surface area contributed by atoms with Gasteiger partial charge >= 0.3 is 5.97 Å². The minimum absolute atomic E-state index is 0.0116. The molecule has 0 spiro atoms. The lowest BCUT2D eigenvalue weighted by Gasteiger charge is -2.39. The Kier molecular flexibility index (Phi) is 9.02. The number of nitrogens with zero attached hydrogens (tertiary/aromatic N) is 2. The van der Waals surface area contributed by atoms with E-state index in [9.17, 15) is 14.4 Å². The first kappa shape index (κ1) is 25.4. The maximum absolute atomic E-state index is 12.9. The zero-order chi connectivity index (χ0) is 23.8. The van der Waals surface area contributed by atoms with Crippen LogP contribution in [0.15, 0.2) is 17.1 Å². The Bertz CT molecular complexity index is 761. The van der Waals surface area contributed by atoms with Gasteiger partial charge in [0.15, 0.2) is 0 Å². The van der Waals surface area contributed by atoms with Crippen molar-refractivity contribution in [2.75, 3.05) is 33.4 Å². The average Bonchev–Trinajstić information content (AvgIpc) is 3.10. The number of carbonyl (C=O) groups excluding carboxylic acids is 2. The normalized spacial score (nSPS) is 31.7. The highest BCUT2D eigenvalue weighted by atomic mass is 16.5. The summed E-state index contributed by atoms with van der Waals surface area (Å²) in [6.45, 7) is 3.94. The van der Waals surface area contributed by atoms with Crippen LogP contribution in [0.3, 0.4) is 0 Å². The molecule has 0 aromatic rings. The monoisotopic (exact) mass is 463 g/mol.